The molecule has 244 valence electrons. The number of rotatable bonds is 6. The average Bonchev–Trinajstić information content (AvgIpc) is 3.62. The summed E-state index contributed by atoms with van der Waals surface area (Å²) >= 11 is 1.90. The molecule has 0 unspecified atom stereocenters. The van der Waals surface area contributed by atoms with E-state index in [1.165, 1.54) is 75.1 Å². The van der Waals surface area contributed by atoms with Gasteiger partial charge in [-0.1, -0.05) is 170 Å². The highest BCUT2D eigenvalue weighted by atomic mass is 32.1. The van der Waals surface area contributed by atoms with Crippen LogP contribution in [0.15, 0.2) is 200 Å². The minimum Gasteiger partial charge on any atom is -0.310 e. The van der Waals surface area contributed by atoms with E-state index in [-0.39, 0.29) is 0 Å². The number of hydrogen-bond acceptors (Lipinski definition) is 2. The van der Waals surface area contributed by atoms with Crippen molar-refractivity contribution in [1.29, 1.82) is 0 Å². The van der Waals surface area contributed by atoms with Crippen LogP contribution in [0, 0.1) is 0 Å². The number of fused-ring (bicyclic) bond motifs is 6. The van der Waals surface area contributed by atoms with Crippen molar-refractivity contribution in [2.24, 2.45) is 0 Å². The lowest BCUT2D eigenvalue weighted by molar-refractivity contribution is 1.30. The second-order valence-electron chi connectivity index (χ2n) is 13.3. The van der Waals surface area contributed by atoms with Crippen LogP contribution in [0.25, 0.3) is 75.1 Å². The van der Waals surface area contributed by atoms with E-state index in [9.17, 15) is 0 Å². The second-order valence-corrected chi connectivity index (χ2v) is 14.3. The molecule has 0 fully saturated rings. The summed E-state index contributed by atoms with van der Waals surface area (Å²) in [6.07, 6.45) is 0. The summed E-state index contributed by atoms with van der Waals surface area (Å²) in [5.41, 5.74) is 10.8. The van der Waals surface area contributed by atoms with E-state index >= 15 is 0 Å². The SMILES string of the molecule is c1ccc(-c2ccc(N(c3ccc(-c4cccc5c4sc4c(-c6ccccc6)cccc45)cc3)c3cc4ccccc4c4ccccc34)cc2)cc1. The smallest absolute Gasteiger partial charge is 0.0546 e. The van der Waals surface area contributed by atoms with Gasteiger partial charge in [-0.2, -0.15) is 0 Å². The minimum atomic E-state index is 1.12. The lowest BCUT2D eigenvalue weighted by atomic mass is 9.98. The zero-order valence-corrected chi connectivity index (χ0v) is 29.2. The van der Waals surface area contributed by atoms with Crippen molar-refractivity contribution in [3.05, 3.63) is 200 Å². The molecule has 9 aromatic carbocycles. The quantitative estimate of drug-likeness (QED) is 0.158. The molecule has 0 saturated heterocycles. The molecule has 2 heteroatoms. The summed E-state index contributed by atoms with van der Waals surface area (Å²) < 4.78 is 2.66. The molecule has 0 spiro atoms. The molecule has 10 rings (SSSR count). The van der Waals surface area contributed by atoms with Crippen LogP contribution in [0.1, 0.15) is 0 Å². The zero-order valence-electron chi connectivity index (χ0n) is 28.4. The predicted molar refractivity (Wildman–Crippen MR) is 225 cm³/mol. The zero-order chi connectivity index (χ0) is 34.4. The maximum Gasteiger partial charge on any atom is 0.0546 e. The molecule has 0 aliphatic heterocycles. The number of benzene rings is 9. The van der Waals surface area contributed by atoms with Gasteiger partial charge in [-0.25, -0.2) is 0 Å². The predicted octanol–water partition coefficient (Wildman–Crippen LogP) is 14.8. The van der Waals surface area contributed by atoms with Gasteiger partial charge in [0, 0.05) is 36.9 Å². The highest BCUT2D eigenvalue weighted by molar-refractivity contribution is 7.26. The van der Waals surface area contributed by atoms with Crippen LogP contribution in [0.4, 0.5) is 17.1 Å². The van der Waals surface area contributed by atoms with Crippen molar-refractivity contribution in [3.8, 4) is 33.4 Å². The first-order chi connectivity index (χ1) is 25.8. The standard InChI is InChI=1S/C50H33NS/c1-3-13-34(14-4-1)35-25-29-39(30-26-35)51(48-33-38-17-7-8-18-41(38)44-19-9-10-20-45(44)48)40-31-27-37(28-32-40)43-22-12-24-47-46-23-11-21-42(49(46)52-50(43)47)36-15-5-2-6-16-36/h1-33H. The van der Waals surface area contributed by atoms with Gasteiger partial charge in [0.2, 0.25) is 0 Å². The Balaban J connectivity index is 1.12. The molecule has 0 N–H and O–H groups in total. The van der Waals surface area contributed by atoms with Crippen molar-refractivity contribution >= 4 is 70.1 Å². The Morgan fingerprint density at radius 3 is 1.37 bits per heavy atom. The van der Waals surface area contributed by atoms with Gasteiger partial charge in [-0.15, -0.1) is 11.3 Å². The molecule has 0 aliphatic rings. The Morgan fingerprint density at radius 2 is 0.750 bits per heavy atom. The van der Waals surface area contributed by atoms with Crippen molar-refractivity contribution in [3.63, 3.8) is 0 Å². The highest BCUT2D eigenvalue weighted by Crippen LogP contribution is 2.46. The Bertz CT molecular complexity index is 2870. The van der Waals surface area contributed by atoms with E-state index < -0.39 is 0 Å². The van der Waals surface area contributed by atoms with Gasteiger partial charge in [0.05, 0.1) is 5.69 Å². The molecular formula is C50H33NS. The monoisotopic (exact) mass is 679 g/mol. The van der Waals surface area contributed by atoms with Crippen LogP contribution in [0.5, 0.6) is 0 Å². The highest BCUT2D eigenvalue weighted by Gasteiger charge is 2.19. The Hall–Kier alpha value is -6.48. The first-order valence-electron chi connectivity index (χ1n) is 17.8. The summed E-state index contributed by atoms with van der Waals surface area (Å²) in [7, 11) is 0. The number of thiophene rings is 1. The fourth-order valence-electron chi connectivity index (χ4n) is 7.76. The van der Waals surface area contributed by atoms with Gasteiger partial charge in [-0.05, 0) is 79.9 Å². The van der Waals surface area contributed by atoms with Crippen LogP contribution in [-0.2, 0) is 0 Å². The van der Waals surface area contributed by atoms with E-state index in [2.05, 4.69) is 205 Å². The molecule has 0 radical (unpaired) electrons. The van der Waals surface area contributed by atoms with E-state index in [0.29, 0.717) is 0 Å². The third kappa shape index (κ3) is 5.16. The molecule has 0 atom stereocenters. The molecule has 1 heterocycles. The summed E-state index contributed by atoms with van der Waals surface area (Å²) in [5.74, 6) is 0. The molecule has 1 nitrogen and oxygen atoms in total. The van der Waals surface area contributed by atoms with Gasteiger partial charge in [0.1, 0.15) is 0 Å². The lowest BCUT2D eigenvalue weighted by Crippen LogP contribution is -2.10. The summed E-state index contributed by atoms with van der Waals surface area (Å²) in [6, 6.07) is 72.8. The van der Waals surface area contributed by atoms with Crippen LogP contribution in [0.2, 0.25) is 0 Å². The number of hydrogen-bond donors (Lipinski definition) is 0. The minimum absolute atomic E-state index is 1.12. The van der Waals surface area contributed by atoms with Gasteiger partial charge in [0.25, 0.3) is 0 Å². The first-order valence-corrected chi connectivity index (χ1v) is 18.6. The van der Waals surface area contributed by atoms with Crippen molar-refractivity contribution in [2.75, 3.05) is 4.90 Å². The Morgan fingerprint density at radius 1 is 0.308 bits per heavy atom. The summed E-state index contributed by atoms with van der Waals surface area (Å²) in [4.78, 5) is 2.42. The molecule has 0 amide bonds. The maximum atomic E-state index is 2.42. The third-order valence-corrected chi connectivity index (χ3v) is 11.6. The Labute approximate surface area is 307 Å². The second kappa shape index (κ2) is 12.7. The summed E-state index contributed by atoms with van der Waals surface area (Å²) in [5, 5.41) is 7.59. The number of anilines is 3. The molecule has 0 bridgehead atoms. The van der Waals surface area contributed by atoms with E-state index in [1.807, 2.05) is 11.3 Å². The maximum absolute atomic E-state index is 2.42. The van der Waals surface area contributed by atoms with E-state index in [1.54, 1.807) is 0 Å². The molecule has 0 saturated carbocycles. The fraction of sp³-hybridized carbons (Fsp3) is 0. The van der Waals surface area contributed by atoms with Crippen molar-refractivity contribution in [1.82, 2.24) is 0 Å². The molecule has 10 aromatic rings. The van der Waals surface area contributed by atoms with Crippen molar-refractivity contribution in [2.45, 2.75) is 0 Å². The Kier molecular flexibility index (Phi) is 7.41. The van der Waals surface area contributed by atoms with Gasteiger partial charge in [0.15, 0.2) is 0 Å². The van der Waals surface area contributed by atoms with E-state index in [4.69, 9.17) is 0 Å². The first kappa shape index (κ1) is 30.4. The molecule has 52 heavy (non-hydrogen) atoms. The van der Waals surface area contributed by atoms with Crippen LogP contribution >= 0.6 is 11.3 Å². The van der Waals surface area contributed by atoms with Crippen molar-refractivity contribution < 1.29 is 0 Å². The van der Waals surface area contributed by atoms with Crippen LogP contribution in [0.3, 0.4) is 0 Å². The van der Waals surface area contributed by atoms with Gasteiger partial charge < -0.3 is 4.90 Å². The summed E-state index contributed by atoms with van der Waals surface area (Å²) in [6.45, 7) is 0. The molecule has 0 aliphatic carbocycles. The fourth-order valence-corrected chi connectivity index (χ4v) is 9.13. The largest absolute Gasteiger partial charge is 0.310 e. The topological polar surface area (TPSA) is 3.24 Å². The van der Waals surface area contributed by atoms with Crippen LogP contribution in [-0.4, -0.2) is 0 Å². The average molecular weight is 680 g/mol. The third-order valence-electron chi connectivity index (χ3n) is 10.3. The van der Waals surface area contributed by atoms with Crippen LogP contribution < -0.4 is 4.90 Å². The normalized spacial score (nSPS) is 11.5. The lowest BCUT2D eigenvalue weighted by Gasteiger charge is -2.28. The van der Waals surface area contributed by atoms with Gasteiger partial charge >= 0.3 is 0 Å². The molecular weight excluding hydrogens is 647 g/mol. The molecule has 1 aromatic heterocycles. The van der Waals surface area contributed by atoms with Gasteiger partial charge in [-0.3, -0.25) is 0 Å². The van der Waals surface area contributed by atoms with E-state index in [0.717, 1.165) is 17.1 Å². The number of nitrogens with zero attached hydrogens (tertiary/aromatic N) is 1.